The molecule has 5 nitrogen and oxygen atoms in total. The first kappa shape index (κ1) is 12.5. The largest absolute Gasteiger partial charge is 0.454 e. The van der Waals surface area contributed by atoms with Crippen molar-refractivity contribution in [3.63, 3.8) is 0 Å². The van der Waals surface area contributed by atoms with Crippen LogP contribution < -0.4 is 20.5 Å². The van der Waals surface area contributed by atoms with Crippen LogP contribution in [0.1, 0.15) is 19.8 Å². The molecular weight excluding hydrogens is 264 g/mol. The maximum Gasteiger partial charge on any atom is 0.240 e. The Morgan fingerprint density at radius 1 is 1.42 bits per heavy atom. The molecule has 1 aromatic carbocycles. The van der Waals surface area contributed by atoms with E-state index in [2.05, 4.69) is 5.32 Å². The van der Waals surface area contributed by atoms with Gasteiger partial charge in [-0.2, -0.15) is 0 Å². The second kappa shape index (κ2) is 4.52. The summed E-state index contributed by atoms with van der Waals surface area (Å²) >= 11 is 1.69. The minimum absolute atomic E-state index is 0.000523. The highest BCUT2D eigenvalue weighted by Gasteiger charge is 2.37. The number of thioether (sulfide) groups is 1. The molecule has 0 saturated carbocycles. The Morgan fingerprint density at radius 2 is 2.16 bits per heavy atom. The molecule has 0 spiro atoms. The molecule has 0 aliphatic carbocycles. The molecule has 1 atom stereocenters. The van der Waals surface area contributed by atoms with Crippen LogP contribution in [0.3, 0.4) is 0 Å². The van der Waals surface area contributed by atoms with Crippen molar-refractivity contribution in [1.82, 2.24) is 0 Å². The number of hydrogen-bond donors (Lipinski definition) is 2. The SMILES string of the molecule is CC1(C(=O)Nc2cc3c(cc2N)OCO3)CCCS1. The molecule has 2 aliphatic rings. The molecule has 1 fully saturated rings. The number of rotatable bonds is 2. The number of anilines is 2. The lowest BCUT2D eigenvalue weighted by Crippen LogP contribution is -2.34. The molecule has 19 heavy (non-hydrogen) atoms. The fourth-order valence-corrected chi connectivity index (χ4v) is 3.49. The van der Waals surface area contributed by atoms with Gasteiger partial charge in [0.15, 0.2) is 11.5 Å². The molecule has 1 amide bonds. The third kappa shape index (κ3) is 2.20. The van der Waals surface area contributed by atoms with Crippen molar-refractivity contribution in [3.8, 4) is 11.5 Å². The number of nitrogens with two attached hydrogens (primary N) is 1. The summed E-state index contributed by atoms with van der Waals surface area (Å²) in [5.74, 6) is 2.27. The van der Waals surface area contributed by atoms with Crippen LogP contribution in [0.15, 0.2) is 12.1 Å². The van der Waals surface area contributed by atoms with Gasteiger partial charge < -0.3 is 20.5 Å². The van der Waals surface area contributed by atoms with Crippen molar-refractivity contribution in [2.75, 3.05) is 23.6 Å². The van der Waals surface area contributed by atoms with Crippen LogP contribution in [0, 0.1) is 0 Å². The summed E-state index contributed by atoms with van der Waals surface area (Å²) in [4.78, 5) is 12.3. The van der Waals surface area contributed by atoms with Gasteiger partial charge in [-0.25, -0.2) is 0 Å². The van der Waals surface area contributed by atoms with E-state index in [1.807, 2.05) is 6.92 Å². The second-order valence-corrected chi connectivity index (χ2v) is 6.53. The van der Waals surface area contributed by atoms with Gasteiger partial charge in [-0.3, -0.25) is 4.79 Å². The van der Waals surface area contributed by atoms with Gasteiger partial charge in [-0.15, -0.1) is 11.8 Å². The molecule has 102 valence electrons. The number of amides is 1. The van der Waals surface area contributed by atoms with Crippen molar-refractivity contribution in [2.45, 2.75) is 24.5 Å². The first-order valence-electron chi connectivity index (χ1n) is 6.23. The molecule has 3 N–H and O–H groups in total. The standard InChI is InChI=1S/C13H16N2O3S/c1-13(3-2-4-19-13)12(16)15-9-6-11-10(5-8(9)14)17-7-18-11/h5-6H,2-4,7,14H2,1H3,(H,15,16). The van der Waals surface area contributed by atoms with E-state index in [9.17, 15) is 4.79 Å². The average molecular weight is 280 g/mol. The van der Waals surface area contributed by atoms with Crippen molar-refractivity contribution in [2.24, 2.45) is 0 Å². The van der Waals surface area contributed by atoms with Crippen molar-refractivity contribution in [1.29, 1.82) is 0 Å². The predicted molar refractivity (Wildman–Crippen MR) is 75.7 cm³/mol. The van der Waals surface area contributed by atoms with Gasteiger partial charge in [-0.1, -0.05) is 0 Å². The lowest BCUT2D eigenvalue weighted by molar-refractivity contribution is -0.118. The maximum atomic E-state index is 12.3. The highest BCUT2D eigenvalue weighted by Crippen LogP contribution is 2.41. The van der Waals surface area contributed by atoms with E-state index in [4.69, 9.17) is 15.2 Å². The highest BCUT2D eigenvalue weighted by molar-refractivity contribution is 8.01. The van der Waals surface area contributed by atoms with Crippen LogP contribution in [-0.2, 0) is 4.79 Å². The fourth-order valence-electron chi connectivity index (χ4n) is 2.28. The van der Waals surface area contributed by atoms with E-state index < -0.39 is 0 Å². The summed E-state index contributed by atoms with van der Waals surface area (Å²) in [5.41, 5.74) is 7.00. The van der Waals surface area contributed by atoms with E-state index in [1.165, 1.54) is 0 Å². The third-order valence-electron chi connectivity index (χ3n) is 3.49. The van der Waals surface area contributed by atoms with Crippen molar-refractivity contribution >= 4 is 29.0 Å². The summed E-state index contributed by atoms with van der Waals surface area (Å²) in [5, 5.41) is 2.90. The predicted octanol–water partition coefficient (Wildman–Crippen LogP) is 2.22. The minimum Gasteiger partial charge on any atom is -0.454 e. The van der Waals surface area contributed by atoms with Gasteiger partial charge in [0.2, 0.25) is 12.7 Å². The second-order valence-electron chi connectivity index (χ2n) is 4.93. The van der Waals surface area contributed by atoms with E-state index >= 15 is 0 Å². The zero-order valence-corrected chi connectivity index (χ0v) is 11.5. The van der Waals surface area contributed by atoms with Gasteiger partial charge in [0.25, 0.3) is 0 Å². The maximum absolute atomic E-state index is 12.3. The molecule has 1 aromatic rings. The number of fused-ring (bicyclic) bond motifs is 1. The molecule has 1 unspecified atom stereocenters. The number of ether oxygens (including phenoxy) is 2. The minimum atomic E-state index is -0.358. The van der Waals surface area contributed by atoms with Crippen LogP contribution in [0.25, 0.3) is 0 Å². The Morgan fingerprint density at radius 3 is 2.84 bits per heavy atom. The summed E-state index contributed by atoms with van der Waals surface area (Å²) in [6.07, 6.45) is 1.97. The molecule has 2 aliphatic heterocycles. The molecular formula is C13H16N2O3S. The van der Waals surface area contributed by atoms with Crippen LogP contribution >= 0.6 is 11.8 Å². The Balaban J connectivity index is 1.82. The summed E-state index contributed by atoms with van der Waals surface area (Å²) in [6.45, 7) is 2.17. The number of nitrogens with one attached hydrogen (secondary N) is 1. The van der Waals surface area contributed by atoms with E-state index in [0.717, 1.165) is 18.6 Å². The smallest absolute Gasteiger partial charge is 0.240 e. The molecule has 6 heteroatoms. The van der Waals surface area contributed by atoms with Gasteiger partial charge in [0, 0.05) is 12.1 Å². The third-order valence-corrected chi connectivity index (χ3v) is 5.01. The quantitative estimate of drug-likeness (QED) is 0.813. The molecule has 3 rings (SSSR count). The monoisotopic (exact) mass is 280 g/mol. The number of carbonyl (C=O) groups is 1. The zero-order chi connectivity index (χ0) is 13.5. The molecule has 2 heterocycles. The molecule has 0 bridgehead atoms. The summed E-state index contributed by atoms with van der Waals surface area (Å²) in [6, 6.07) is 3.40. The Hall–Kier alpha value is -1.56. The van der Waals surface area contributed by atoms with Crippen LogP contribution in [0.2, 0.25) is 0 Å². The first-order chi connectivity index (χ1) is 9.08. The van der Waals surface area contributed by atoms with Crippen molar-refractivity contribution in [3.05, 3.63) is 12.1 Å². The highest BCUT2D eigenvalue weighted by atomic mass is 32.2. The number of nitrogen functional groups attached to an aromatic ring is 1. The van der Waals surface area contributed by atoms with Gasteiger partial charge in [0.1, 0.15) is 0 Å². The first-order valence-corrected chi connectivity index (χ1v) is 7.22. The zero-order valence-electron chi connectivity index (χ0n) is 10.7. The average Bonchev–Trinajstić information content (AvgIpc) is 2.99. The van der Waals surface area contributed by atoms with E-state index in [0.29, 0.717) is 22.9 Å². The number of hydrogen-bond acceptors (Lipinski definition) is 5. The van der Waals surface area contributed by atoms with Gasteiger partial charge in [-0.05, 0) is 25.5 Å². The molecule has 1 saturated heterocycles. The topological polar surface area (TPSA) is 73.6 Å². The molecule has 0 aromatic heterocycles. The fraction of sp³-hybridized carbons (Fsp3) is 0.462. The van der Waals surface area contributed by atoms with E-state index in [-0.39, 0.29) is 17.4 Å². The lowest BCUT2D eigenvalue weighted by Gasteiger charge is -2.22. The van der Waals surface area contributed by atoms with Crippen LogP contribution in [-0.4, -0.2) is 23.2 Å². The Labute approximate surface area is 115 Å². The number of carbonyl (C=O) groups excluding carboxylic acids is 1. The summed E-state index contributed by atoms with van der Waals surface area (Å²) in [7, 11) is 0. The molecule has 0 radical (unpaired) electrons. The Kier molecular flexibility index (Phi) is 2.97. The van der Waals surface area contributed by atoms with Crippen LogP contribution in [0.5, 0.6) is 11.5 Å². The lowest BCUT2D eigenvalue weighted by atomic mass is 10.0. The normalized spacial score (nSPS) is 24.5. The summed E-state index contributed by atoms with van der Waals surface area (Å²) < 4.78 is 10.2. The number of benzene rings is 1. The van der Waals surface area contributed by atoms with Crippen LogP contribution in [0.4, 0.5) is 11.4 Å². The Bertz CT molecular complexity index is 527. The van der Waals surface area contributed by atoms with Crippen molar-refractivity contribution < 1.29 is 14.3 Å². The van der Waals surface area contributed by atoms with Gasteiger partial charge >= 0.3 is 0 Å². The van der Waals surface area contributed by atoms with E-state index in [1.54, 1.807) is 23.9 Å². The van der Waals surface area contributed by atoms with Gasteiger partial charge in [0.05, 0.1) is 16.1 Å².